The van der Waals surface area contributed by atoms with Crippen LogP contribution in [0.1, 0.15) is 40.9 Å². The molecule has 154 valence electrons. The van der Waals surface area contributed by atoms with Crippen LogP contribution in [0.15, 0.2) is 48.5 Å². The minimum absolute atomic E-state index is 0.156. The molecule has 29 heavy (non-hydrogen) atoms. The number of esters is 1. The fourth-order valence-electron chi connectivity index (χ4n) is 2.65. The normalized spacial score (nSPS) is 11.3. The minimum atomic E-state index is -0.689. The van der Waals surface area contributed by atoms with Crippen molar-refractivity contribution in [2.24, 2.45) is 0 Å². The van der Waals surface area contributed by atoms with E-state index < -0.39 is 24.4 Å². The summed E-state index contributed by atoms with van der Waals surface area (Å²) in [7, 11) is 1.53. The van der Waals surface area contributed by atoms with Crippen LogP contribution in [-0.2, 0) is 14.3 Å². The molecule has 0 heterocycles. The van der Waals surface area contributed by atoms with Crippen LogP contribution >= 0.6 is 0 Å². The largest absolute Gasteiger partial charge is 0.497 e. The lowest BCUT2D eigenvalue weighted by atomic mass is 10.0. The summed E-state index contributed by atoms with van der Waals surface area (Å²) in [6, 6.07) is 14.2. The second-order valence-electron chi connectivity index (χ2n) is 6.51. The number of aryl methyl sites for hydroxylation is 1. The summed E-state index contributed by atoms with van der Waals surface area (Å²) in [6.45, 7) is 3.23. The topological polar surface area (TPSA) is 93.7 Å². The van der Waals surface area contributed by atoms with Gasteiger partial charge in [-0.3, -0.25) is 14.4 Å². The monoisotopic (exact) mass is 398 g/mol. The highest BCUT2D eigenvalue weighted by atomic mass is 16.5. The fourth-order valence-corrected chi connectivity index (χ4v) is 2.65. The third kappa shape index (κ3) is 6.95. The SMILES string of the molecule is CC[C@H](NC(=O)COC(=O)CNC(=O)c1ccc(OC)cc1)c1ccc(C)cc1. The van der Waals surface area contributed by atoms with Crippen molar-refractivity contribution in [1.82, 2.24) is 10.6 Å². The van der Waals surface area contributed by atoms with Gasteiger partial charge in [0.1, 0.15) is 12.3 Å². The van der Waals surface area contributed by atoms with E-state index in [-0.39, 0.29) is 12.6 Å². The minimum Gasteiger partial charge on any atom is -0.497 e. The van der Waals surface area contributed by atoms with Gasteiger partial charge in [-0.2, -0.15) is 0 Å². The van der Waals surface area contributed by atoms with Gasteiger partial charge in [-0.25, -0.2) is 0 Å². The Hall–Kier alpha value is -3.35. The standard InChI is InChI=1S/C22H26N2O5/c1-4-19(16-7-5-15(2)6-8-16)24-20(25)14-29-21(26)13-23-22(27)17-9-11-18(28-3)12-10-17/h5-12,19H,4,13-14H2,1-3H3,(H,23,27)(H,24,25)/t19-/m0/s1. The number of carbonyl (C=O) groups excluding carboxylic acids is 3. The molecule has 0 saturated heterocycles. The second kappa shape index (κ2) is 10.8. The molecule has 1 atom stereocenters. The zero-order chi connectivity index (χ0) is 21.2. The van der Waals surface area contributed by atoms with E-state index in [1.54, 1.807) is 24.3 Å². The van der Waals surface area contributed by atoms with E-state index >= 15 is 0 Å². The van der Waals surface area contributed by atoms with Crippen LogP contribution in [-0.4, -0.2) is 38.0 Å². The zero-order valence-corrected chi connectivity index (χ0v) is 16.9. The second-order valence-corrected chi connectivity index (χ2v) is 6.51. The lowest BCUT2D eigenvalue weighted by Crippen LogP contribution is -2.35. The third-order valence-electron chi connectivity index (χ3n) is 4.33. The van der Waals surface area contributed by atoms with Gasteiger partial charge in [0.05, 0.1) is 13.2 Å². The van der Waals surface area contributed by atoms with Crippen molar-refractivity contribution in [3.05, 3.63) is 65.2 Å². The average molecular weight is 398 g/mol. The molecule has 0 aliphatic rings. The Balaban J connectivity index is 1.75. The maximum absolute atomic E-state index is 12.1. The quantitative estimate of drug-likeness (QED) is 0.633. The number of methoxy groups -OCH3 is 1. The van der Waals surface area contributed by atoms with E-state index in [4.69, 9.17) is 9.47 Å². The Kier molecular flexibility index (Phi) is 8.21. The predicted octanol–water partition coefficient (Wildman–Crippen LogP) is 2.54. The average Bonchev–Trinajstić information content (AvgIpc) is 2.75. The van der Waals surface area contributed by atoms with E-state index in [1.807, 2.05) is 38.1 Å². The lowest BCUT2D eigenvalue weighted by molar-refractivity contribution is -0.147. The van der Waals surface area contributed by atoms with Gasteiger partial charge in [0, 0.05) is 5.56 Å². The van der Waals surface area contributed by atoms with Crippen molar-refractivity contribution in [2.75, 3.05) is 20.3 Å². The molecule has 2 N–H and O–H groups in total. The highest BCUT2D eigenvalue weighted by Gasteiger charge is 2.15. The van der Waals surface area contributed by atoms with Gasteiger partial charge in [-0.05, 0) is 43.2 Å². The molecule has 7 nitrogen and oxygen atoms in total. The van der Waals surface area contributed by atoms with Crippen molar-refractivity contribution in [3.8, 4) is 5.75 Å². The number of benzene rings is 2. The summed E-state index contributed by atoms with van der Waals surface area (Å²) in [5.74, 6) is -0.875. The van der Waals surface area contributed by atoms with Crippen molar-refractivity contribution >= 4 is 17.8 Å². The van der Waals surface area contributed by atoms with E-state index in [2.05, 4.69) is 10.6 Å². The van der Waals surface area contributed by atoms with Crippen LogP contribution in [0, 0.1) is 6.92 Å². The Labute approximate surface area is 170 Å². The van der Waals surface area contributed by atoms with Crippen LogP contribution in [0.5, 0.6) is 5.75 Å². The Morgan fingerprint density at radius 2 is 1.66 bits per heavy atom. The summed E-state index contributed by atoms with van der Waals surface area (Å²) in [4.78, 5) is 35.9. The smallest absolute Gasteiger partial charge is 0.325 e. The van der Waals surface area contributed by atoms with Gasteiger partial charge < -0.3 is 20.1 Å². The van der Waals surface area contributed by atoms with Crippen molar-refractivity contribution in [2.45, 2.75) is 26.3 Å². The molecule has 0 radical (unpaired) electrons. The first-order valence-corrected chi connectivity index (χ1v) is 9.36. The van der Waals surface area contributed by atoms with E-state index in [0.717, 1.165) is 11.1 Å². The molecule has 0 saturated carbocycles. The molecule has 2 amide bonds. The number of carbonyl (C=O) groups is 3. The van der Waals surface area contributed by atoms with Crippen LogP contribution in [0.25, 0.3) is 0 Å². The summed E-state index contributed by atoms with van der Waals surface area (Å²) in [5, 5.41) is 5.30. The molecule has 0 aliphatic carbocycles. The Morgan fingerprint density at radius 1 is 1.00 bits per heavy atom. The molecular weight excluding hydrogens is 372 g/mol. The number of rotatable bonds is 9. The van der Waals surface area contributed by atoms with Crippen molar-refractivity contribution in [1.29, 1.82) is 0 Å². The van der Waals surface area contributed by atoms with Crippen LogP contribution in [0.4, 0.5) is 0 Å². The molecule has 2 aromatic carbocycles. The molecule has 0 aromatic heterocycles. The number of ether oxygens (including phenoxy) is 2. The molecule has 2 rings (SSSR count). The highest BCUT2D eigenvalue weighted by molar-refractivity contribution is 5.96. The molecular formula is C22H26N2O5. The molecule has 7 heteroatoms. The van der Waals surface area contributed by atoms with Gasteiger partial charge in [-0.15, -0.1) is 0 Å². The van der Waals surface area contributed by atoms with Crippen molar-refractivity contribution in [3.63, 3.8) is 0 Å². The van der Waals surface area contributed by atoms with Crippen LogP contribution in [0.2, 0.25) is 0 Å². The van der Waals surface area contributed by atoms with Gasteiger partial charge in [0.2, 0.25) is 0 Å². The molecule has 0 unspecified atom stereocenters. The lowest BCUT2D eigenvalue weighted by Gasteiger charge is -2.17. The molecule has 0 fully saturated rings. The number of hydrogen-bond donors (Lipinski definition) is 2. The maximum atomic E-state index is 12.1. The first-order valence-electron chi connectivity index (χ1n) is 9.36. The van der Waals surface area contributed by atoms with Gasteiger partial charge in [0.25, 0.3) is 11.8 Å². The van der Waals surface area contributed by atoms with E-state index in [1.165, 1.54) is 7.11 Å². The summed E-state index contributed by atoms with van der Waals surface area (Å²) >= 11 is 0. The Bertz CT molecular complexity index is 831. The molecule has 0 aliphatic heterocycles. The first kappa shape index (κ1) is 21.9. The number of hydrogen-bond acceptors (Lipinski definition) is 5. The van der Waals surface area contributed by atoms with E-state index in [9.17, 15) is 14.4 Å². The summed E-state index contributed by atoms with van der Waals surface area (Å²) < 4.78 is 9.97. The Morgan fingerprint density at radius 3 is 2.24 bits per heavy atom. The summed E-state index contributed by atoms with van der Waals surface area (Å²) in [5.41, 5.74) is 2.52. The van der Waals surface area contributed by atoms with Crippen molar-refractivity contribution < 1.29 is 23.9 Å². The van der Waals surface area contributed by atoms with Crippen LogP contribution < -0.4 is 15.4 Å². The fraction of sp³-hybridized carbons (Fsp3) is 0.318. The summed E-state index contributed by atoms with van der Waals surface area (Å²) in [6.07, 6.45) is 0.709. The number of amides is 2. The molecule has 0 spiro atoms. The number of nitrogens with one attached hydrogen (secondary N) is 2. The van der Waals surface area contributed by atoms with Crippen LogP contribution in [0.3, 0.4) is 0 Å². The molecule has 2 aromatic rings. The van der Waals surface area contributed by atoms with Gasteiger partial charge in [-0.1, -0.05) is 36.8 Å². The van der Waals surface area contributed by atoms with Gasteiger partial charge >= 0.3 is 5.97 Å². The molecule has 0 bridgehead atoms. The predicted molar refractivity (Wildman–Crippen MR) is 109 cm³/mol. The zero-order valence-electron chi connectivity index (χ0n) is 16.9. The maximum Gasteiger partial charge on any atom is 0.325 e. The first-order chi connectivity index (χ1) is 13.9. The van der Waals surface area contributed by atoms with E-state index in [0.29, 0.717) is 17.7 Å². The highest BCUT2D eigenvalue weighted by Crippen LogP contribution is 2.17. The van der Waals surface area contributed by atoms with Gasteiger partial charge in [0.15, 0.2) is 6.61 Å². The third-order valence-corrected chi connectivity index (χ3v) is 4.33.